The highest BCUT2D eigenvalue weighted by Crippen LogP contribution is 2.22. The third-order valence-corrected chi connectivity index (χ3v) is 4.02. The number of carbonyl (C=O) groups is 1. The molecule has 134 valence electrons. The van der Waals surface area contributed by atoms with Crippen LogP contribution in [0.1, 0.15) is 23.0 Å². The van der Waals surface area contributed by atoms with Gasteiger partial charge in [-0.05, 0) is 29.3 Å². The topological polar surface area (TPSA) is 81.1 Å². The molecule has 3 rings (SSSR count). The Morgan fingerprint density at radius 3 is 2.65 bits per heavy atom. The van der Waals surface area contributed by atoms with Crippen LogP contribution in [0.4, 0.5) is 4.79 Å². The second-order valence-electron chi connectivity index (χ2n) is 5.79. The number of imidazole rings is 1. The number of amides is 2. The van der Waals surface area contributed by atoms with Crippen LogP contribution in [0.2, 0.25) is 0 Å². The first-order valence-electron chi connectivity index (χ1n) is 8.22. The monoisotopic (exact) mass is 351 g/mol. The Bertz CT molecular complexity index is 846. The first kappa shape index (κ1) is 17.5. The van der Waals surface area contributed by atoms with E-state index in [0.717, 1.165) is 22.7 Å². The van der Waals surface area contributed by atoms with Gasteiger partial charge in [-0.1, -0.05) is 18.2 Å². The van der Waals surface area contributed by atoms with Crippen molar-refractivity contribution in [2.24, 2.45) is 7.05 Å². The molecule has 2 aromatic heterocycles. The van der Waals surface area contributed by atoms with E-state index >= 15 is 0 Å². The number of rotatable bonds is 6. The van der Waals surface area contributed by atoms with E-state index in [1.807, 2.05) is 54.2 Å². The third-order valence-electron chi connectivity index (χ3n) is 4.02. The van der Waals surface area contributed by atoms with Crippen molar-refractivity contribution in [3.63, 3.8) is 0 Å². The lowest BCUT2D eigenvalue weighted by Crippen LogP contribution is -2.38. The second-order valence-corrected chi connectivity index (χ2v) is 5.79. The smallest absolute Gasteiger partial charge is 0.315 e. The van der Waals surface area contributed by atoms with Crippen molar-refractivity contribution in [1.29, 1.82) is 0 Å². The van der Waals surface area contributed by atoms with Crippen molar-refractivity contribution in [1.82, 2.24) is 25.2 Å². The molecule has 1 aromatic carbocycles. The first-order chi connectivity index (χ1) is 12.7. The minimum atomic E-state index is -0.380. The number of ether oxygens (including phenoxy) is 1. The van der Waals surface area contributed by atoms with Gasteiger partial charge in [0.25, 0.3) is 0 Å². The van der Waals surface area contributed by atoms with Crippen LogP contribution in [-0.4, -0.2) is 27.7 Å². The van der Waals surface area contributed by atoms with E-state index < -0.39 is 0 Å². The van der Waals surface area contributed by atoms with Crippen LogP contribution in [0.25, 0.3) is 0 Å². The highest BCUT2D eigenvalue weighted by atomic mass is 16.5. The Kier molecular flexibility index (Phi) is 5.48. The van der Waals surface area contributed by atoms with Crippen molar-refractivity contribution in [2.75, 3.05) is 7.11 Å². The maximum Gasteiger partial charge on any atom is 0.315 e. The van der Waals surface area contributed by atoms with E-state index in [1.54, 1.807) is 25.7 Å². The standard InChI is InChI=1S/C19H21N5O2/c1-24-11-10-21-18(24)17(15-5-7-16(26-2)8-6-15)23-19(25)22-13-14-4-3-9-20-12-14/h3-12,17H,13H2,1-2H3,(H2,22,23,25). The largest absolute Gasteiger partial charge is 0.497 e. The molecule has 0 bridgehead atoms. The molecule has 0 saturated carbocycles. The van der Waals surface area contributed by atoms with E-state index in [9.17, 15) is 4.79 Å². The van der Waals surface area contributed by atoms with Crippen LogP contribution >= 0.6 is 0 Å². The van der Waals surface area contributed by atoms with Crippen molar-refractivity contribution < 1.29 is 9.53 Å². The SMILES string of the molecule is COc1ccc(C(NC(=O)NCc2cccnc2)c2nccn2C)cc1. The number of nitrogens with zero attached hydrogens (tertiary/aromatic N) is 3. The van der Waals surface area contributed by atoms with Gasteiger partial charge in [0.2, 0.25) is 0 Å². The van der Waals surface area contributed by atoms with Gasteiger partial charge in [-0.15, -0.1) is 0 Å². The van der Waals surface area contributed by atoms with Gasteiger partial charge in [0.05, 0.1) is 7.11 Å². The number of carbonyl (C=O) groups excluding carboxylic acids is 1. The van der Waals surface area contributed by atoms with Gasteiger partial charge in [0, 0.05) is 38.4 Å². The number of benzene rings is 1. The fourth-order valence-corrected chi connectivity index (χ4v) is 2.62. The molecule has 0 radical (unpaired) electrons. The summed E-state index contributed by atoms with van der Waals surface area (Å²) >= 11 is 0. The summed E-state index contributed by atoms with van der Waals surface area (Å²) in [6, 6.07) is 10.6. The fourth-order valence-electron chi connectivity index (χ4n) is 2.62. The van der Waals surface area contributed by atoms with E-state index in [-0.39, 0.29) is 12.1 Å². The molecular weight excluding hydrogens is 330 g/mol. The number of nitrogens with one attached hydrogen (secondary N) is 2. The molecule has 1 unspecified atom stereocenters. The highest BCUT2D eigenvalue weighted by Gasteiger charge is 2.20. The molecule has 3 aromatic rings. The summed E-state index contributed by atoms with van der Waals surface area (Å²) < 4.78 is 7.09. The minimum Gasteiger partial charge on any atom is -0.497 e. The number of aromatic nitrogens is 3. The maximum absolute atomic E-state index is 12.4. The zero-order chi connectivity index (χ0) is 18.4. The zero-order valence-electron chi connectivity index (χ0n) is 14.7. The Morgan fingerprint density at radius 1 is 1.23 bits per heavy atom. The lowest BCUT2D eigenvalue weighted by atomic mass is 10.1. The molecule has 1 atom stereocenters. The minimum absolute atomic E-state index is 0.280. The van der Waals surface area contributed by atoms with Gasteiger partial charge in [-0.25, -0.2) is 9.78 Å². The van der Waals surface area contributed by atoms with Crippen molar-refractivity contribution >= 4 is 6.03 Å². The van der Waals surface area contributed by atoms with Crippen molar-refractivity contribution in [3.8, 4) is 5.75 Å². The number of hydrogen-bond acceptors (Lipinski definition) is 4. The van der Waals surface area contributed by atoms with Crippen molar-refractivity contribution in [2.45, 2.75) is 12.6 Å². The lowest BCUT2D eigenvalue weighted by molar-refractivity contribution is 0.237. The third kappa shape index (κ3) is 4.18. The van der Waals surface area contributed by atoms with Gasteiger partial charge < -0.3 is 19.9 Å². The molecule has 0 saturated heterocycles. The summed E-state index contributed by atoms with van der Waals surface area (Å²) in [5, 5.41) is 5.84. The molecule has 0 spiro atoms. The Morgan fingerprint density at radius 2 is 2.04 bits per heavy atom. The normalized spacial score (nSPS) is 11.6. The predicted molar refractivity (Wildman–Crippen MR) is 97.7 cm³/mol. The van der Waals surface area contributed by atoms with Gasteiger partial charge in [-0.2, -0.15) is 0 Å². The van der Waals surface area contributed by atoms with Crippen LogP contribution in [0.5, 0.6) is 5.75 Å². The highest BCUT2D eigenvalue weighted by molar-refractivity contribution is 5.74. The molecule has 7 nitrogen and oxygen atoms in total. The van der Waals surface area contributed by atoms with Crippen LogP contribution < -0.4 is 15.4 Å². The number of aryl methyl sites for hydroxylation is 1. The Hall–Kier alpha value is -3.35. The Labute approximate surface area is 152 Å². The average Bonchev–Trinajstić information content (AvgIpc) is 3.11. The summed E-state index contributed by atoms with van der Waals surface area (Å²) in [5.41, 5.74) is 1.84. The fraction of sp³-hybridized carbons (Fsp3) is 0.211. The quantitative estimate of drug-likeness (QED) is 0.715. The van der Waals surface area contributed by atoms with Gasteiger partial charge in [0.15, 0.2) is 0 Å². The molecule has 0 aliphatic carbocycles. The number of pyridine rings is 1. The van der Waals surface area contributed by atoms with E-state index in [2.05, 4.69) is 20.6 Å². The summed E-state index contributed by atoms with van der Waals surface area (Å²) in [4.78, 5) is 20.9. The summed E-state index contributed by atoms with van der Waals surface area (Å²) in [7, 11) is 3.52. The van der Waals surface area contributed by atoms with Crippen LogP contribution in [0, 0.1) is 0 Å². The van der Waals surface area contributed by atoms with Gasteiger partial charge in [-0.3, -0.25) is 4.98 Å². The number of urea groups is 1. The predicted octanol–water partition coefficient (Wildman–Crippen LogP) is 2.41. The maximum atomic E-state index is 12.4. The van der Waals surface area contributed by atoms with E-state index in [1.165, 1.54) is 0 Å². The number of methoxy groups -OCH3 is 1. The van der Waals surface area contributed by atoms with Crippen molar-refractivity contribution in [3.05, 3.63) is 78.1 Å². The van der Waals surface area contributed by atoms with Gasteiger partial charge in [0.1, 0.15) is 17.6 Å². The zero-order valence-corrected chi connectivity index (χ0v) is 14.7. The molecule has 0 aliphatic heterocycles. The van der Waals surface area contributed by atoms with Gasteiger partial charge >= 0.3 is 6.03 Å². The Balaban J connectivity index is 1.75. The summed E-state index contributed by atoms with van der Waals surface area (Å²) in [6.45, 7) is 0.398. The molecule has 0 aliphatic rings. The first-order valence-corrected chi connectivity index (χ1v) is 8.22. The van der Waals surface area contributed by atoms with Crippen LogP contribution in [0.15, 0.2) is 61.2 Å². The second kappa shape index (κ2) is 8.15. The van der Waals surface area contributed by atoms with Crippen LogP contribution in [-0.2, 0) is 13.6 Å². The molecule has 2 heterocycles. The summed E-state index contributed by atoms with van der Waals surface area (Å²) in [5.74, 6) is 1.50. The molecular formula is C19H21N5O2. The average molecular weight is 351 g/mol. The van der Waals surface area contributed by atoms with E-state index in [0.29, 0.717) is 6.54 Å². The van der Waals surface area contributed by atoms with Crippen LogP contribution in [0.3, 0.4) is 0 Å². The molecule has 7 heteroatoms. The molecule has 26 heavy (non-hydrogen) atoms. The molecule has 0 fully saturated rings. The molecule has 2 N–H and O–H groups in total. The molecule has 2 amide bonds. The number of hydrogen-bond donors (Lipinski definition) is 2. The lowest BCUT2D eigenvalue weighted by Gasteiger charge is -2.20. The van der Waals surface area contributed by atoms with E-state index in [4.69, 9.17) is 4.74 Å². The summed E-state index contributed by atoms with van der Waals surface area (Å²) in [6.07, 6.45) is 6.98.